The van der Waals surface area contributed by atoms with Crippen molar-refractivity contribution in [2.75, 3.05) is 0 Å². The SMILES string of the molecule is CCc1cc(CC)n(Cc2ccc(C(=O)O)cc2Br)n1. The Morgan fingerprint density at radius 3 is 2.60 bits per heavy atom. The van der Waals surface area contributed by atoms with Gasteiger partial charge in [0.15, 0.2) is 0 Å². The molecule has 0 aliphatic rings. The lowest BCUT2D eigenvalue weighted by Crippen LogP contribution is -2.07. The van der Waals surface area contributed by atoms with E-state index in [0.29, 0.717) is 6.54 Å². The van der Waals surface area contributed by atoms with Gasteiger partial charge in [0.1, 0.15) is 0 Å². The van der Waals surface area contributed by atoms with Crippen LogP contribution in [0.25, 0.3) is 0 Å². The Labute approximate surface area is 126 Å². The lowest BCUT2D eigenvalue weighted by molar-refractivity contribution is 0.0697. The second kappa shape index (κ2) is 6.22. The maximum Gasteiger partial charge on any atom is 0.335 e. The maximum atomic E-state index is 10.9. The van der Waals surface area contributed by atoms with E-state index in [1.807, 2.05) is 10.7 Å². The molecule has 0 aliphatic heterocycles. The second-order valence-electron chi connectivity index (χ2n) is 4.60. The molecule has 0 radical (unpaired) electrons. The number of carboxylic acid groups (broad SMARTS) is 1. The molecule has 1 aromatic heterocycles. The van der Waals surface area contributed by atoms with E-state index in [9.17, 15) is 4.79 Å². The van der Waals surface area contributed by atoms with Crippen molar-refractivity contribution in [3.8, 4) is 0 Å². The monoisotopic (exact) mass is 336 g/mol. The van der Waals surface area contributed by atoms with Crippen LogP contribution in [0.5, 0.6) is 0 Å². The number of halogens is 1. The van der Waals surface area contributed by atoms with Gasteiger partial charge >= 0.3 is 5.97 Å². The Balaban J connectivity index is 2.30. The summed E-state index contributed by atoms with van der Waals surface area (Å²) in [5.74, 6) is -0.918. The third kappa shape index (κ3) is 3.10. The van der Waals surface area contributed by atoms with Crippen molar-refractivity contribution in [3.05, 3.63) is 51.3 Å². The highest BCUT2D eigenvalue weighted by molar-refractivity contribution is 9.10. The van der Waals surface area contributed by atoms with Gasteiger partial charge in [0.05, 0.1) is 17.8 Å². The van der Waals surface area contributed by atoms with E-state index in [2.05, 4.69) is 40.9 Å². The molecule has 0 spiro atoms. The van der Waals surface area contributed by atoms with Gasteiger partial charge in [0.25, 0.3) is 0 Å². The van der Waals surface area contributed by atoms with Crippen molar-refractivity contribution in [3.63, 3.8) is 0 Å². The molecule has 1 heterocycles. The summed E-state index contributed by atoms with van der Waals surface area (Å²) in [5, 5.41) is 13.5. The van der Waals surface area contributed by atoms with Crippen molar-refractivity contribution in [1.82, 2.24) is 9.78 Å². The summed E-state index contributed by atoms with van der Waals surface area (Å²) in [4.78, 5) is 10.9. The summed E-state index contributed by atoms with van der Waals surface area (Å²) < 4.78 is 2.78. The molecule has 0 saturated carbocycles. The number of aromatic nitrogens is 2. The first-order valence-electron chi connectivity index (χ1n) is 6.62. The van der Waals surface area contributed by atoms with Gasteiger partial charge in [-0.1, -0.05) is 35.8 Å². The molecule has 2 rings (SSSR count). The molecule has 0 aliphatic carbocycles. The number of hydrogen-bond acceptors (Lipinski definition) is 2. The Bertz CT molecular complexity index is 635. The molecule has 1 aromatic carbocycles. The van der Waals surface area contributed by atoms with E-state index in [4.69, 9.17) is 5.11 Å². The quantitative estimate of drug-likeness (QED) is 0.908. The van der Waals surface area contributed by atoms with Crippen LogP contribution in [-0.4, -0.2) is 20.9 Å². The van der Waals surface area contributed by atoms with Gasteiger partial charge in [0.2, 0.25) is 0 Å². The van der Waals surface area contributed by atoms with Gasteiger partial charge in [-0.05, 0) is 36.6 Å². The van der Waals surface area contributed by atoms with Crippen LogP contribution in [0.15, 0.2) is 28.7 Å². The van der Waals surface area contributed by atoms with Crippen LogP contribution in [-0.2, 0) is 19.4 Å². The van der Waals surface area contributed by atoms with Crippen molar-refractivity contribution >= 4 is 21.9 Å². The molecule has 0 saturated heterocycles. The molecule has 20 heavy (non-hydrogen) atoms. The summed E-state index contributed by atoms with van der Waals surface area (Å²) in [6.07, 6.45) is 1.84. The molecular weight excluding hydrogens is 320 g/mol. The minimum atomic E-state index is -0.918. The molecule has 106 valence electrons. The van der Waals surface area contributed by atoms with E-state index < -0.39 is 5.97 Å². The van der Waals surface area contributed by atoms with Gasteiger partial charge in [-0.3, -0.25) is 4.68 Å². The summed E-state index contributed by atoms with van der Waals surface area (Å²) in [7, 11) is 0. The summed E-state index contributed by atoms with van der Waals surface area (Å²) >= 11 is 3.44. The molecule has 2 aromatic rings. The van der Waals surface area contributed by atoms with Crippen LogP contribution < -0.4 is 0 Å². The Kier molecular flexibility index (Phi) is 4.60. The molecule has 1 N–H and O–H groups in total. The minimum Gasteiger partial charge on any atom is -0.478 e. The summed E-state index contributed by atoms with van der Waals surface area (Å²) in [6, 6.07) is 7.21. The van der Waals surface area contributed by atoms with Crippen LogP contribution in [0, 0.1) is 0 Å². The highest BCUT2D eigenvalue weighted by atomic mass is 79.9. The van der Waals surface area contributed by atoms with Crippen LogP contribution in [0.4, 0.5) is 0 Å². The molecular formula is C15H17BrN2O2. The zero-order valence-electron chi connectivity index (χ0n) is 11.6. The lowest BCUT2D eigenvalue weighted by atomic mass is 10.1. The summed E-state index contributed by atoms with van der Waals surface area (Å²) in [5.41, 5.74) is 3.58. The smallest absolute Gasteiger partial charge is 0.335 e. The van der Waals surface area contributed by atoms with Crippen molar-refractivity contribution < 1.29 is 9.90 Å². The Morgan fingerprint density at radius 2 is 2.05 bits per heavy atom. The van der Waals surface area contributed by atoms with Gasteiger partial charge in [-0.2, -0.15) is 5.10 Å². The average Bonchev–Trinajstić information content (AvgIpc) is 2.83. The number of benzene rings is 1. The van der Waals surface area contributed by atoms with Gasteiger partial charge < -0.3 is 5.11 Å². The fourth-order valence-electron chi connectivity index (χ4n) is 2.08. The summed E-state index contributed by atoms with van der Waals surface area (Å²) in [6.45, 7) is 4.84. The van der Waals surface area contributed by atoms with E-state index >= 15 is 0 Å². The first kappa shape index (κ1) is 14.8. The predicted octanol–water partition coefficient (Wildman–Crippen LogP) is 3.52. The first-order chi connectivity index (χ1) is 9.55. The van der Waals surface area contributed by atoms with Crippen LogP contribution in [0.3, 0.4) is 0 Å². The van der Waals surface area contributed by atoms with Crippen molar-refractivity contribution in [2.45, 2.75) is 33.2 Å². The second-order valence-corrected chi connectivity index (χ2v) is 5.46. The highest BCUT2D eigenvalue weighted by Gasteiger charge is 2.10. The Hall–Kier alpha value is -1.62. The zero-order valence-corrected chi connectivity index (χ0v) is 13.1. The van der Waals surface area contributed by atoms with Gasteiger partial charge in [0, 0.05) is 10.2 Å². The molecule has 0 bridgehead atoms. The zero-order chi connectivity index (χ0) is 14.7. The fraction of sp³-hybridized carbons (Fsp3) is 0.333. The van der Waals surface area contributed by atoms with Crippen molar-refractivity contribution in [2.24, 2.45) is 0 Å². The predicted molar refractivity (Wildman–Crippen MR) is 81.2 cm³/mol. The standard InChI is InChI=1S/C15H17BrN2O2/c1-3-12-8-13(4-2)18(17-12)9-11-6-5-10(15(19)20)7-14(11)16/h5-8H,3-4,9H2,1-2H3,(H,19,20). The van der Waals surface area contributed by atoms with Crippen LogP contribution in [0.1, 0.15) is 41.2 Å². The van der Waals surface area contributed by atoms with E-state index in [-0.39, 0.29) is 5.56 Å². The average molecular weight is 337 g/mol. The molecule has 0 fully saturated rings. The maximum absolute atomic E-state index is 10.9. The molecule has 0 unspecified atom stereocenters. The lowest BCUT2D eigenvalue weighted by Gasteiger charge is -2.09. The first-order valence-corrected chi connectivity index (χ1v) is 7.41. The number of carbonyl (C=O) groups is 1. The minimum absolute atomic E-state index is 0.283. The van der Waals surface area contributed by atoms with E-state index in [0.717, 1.165) is 28.6 Å². The molecule has 4 nitrogen and oxygen atoms in total. The molecule has 0 atom stereocenters. The highest BCUT2D eigenvalue weighted by Crippen LogP contribution is 2.21. The van der Waals surface area contributed by atoms with Crippen LogP contribution in [0.2, 0.25) is 0 Å². The topological polar surface area (TPSA) is 55.1 Å². The van der Waals surface area contributed by atoms with Gasteiger partial charge in [-0.25, -0.2) is 4.79 Å². The molecule has 0 amide bonds. The van der Waals surface area contributed by atoms with Crippen molar-refractivity contribution in [1.29, 1.82) is 0 Å². The Morgan fingerprint density at radius 1 is 1.30 bits per heavy atom. The number of hydrogen-bond donors (Lipinski definition) is 1. The van der Waals surface area contributed by atoms with E-state index in [1.165, 1.54) is 5.69 Å². The van der Waals surface area contributed by atoms with E-state index in [1.54, 1.807) is 12.1 Å². The largest absolute Gasteiger partial charge is 0.478 e. The fourth-order valence-corrected chi connectivity index (χ4v) is 2.58. The number of rotatable bonds is 5. The normalized spacial score (nSPS) is 10.8. The number of carboxylic acids is 1. The van der Waals surface area contributed by atoms with Crippen LogP contribution >= 0.6 is 15.9 Å². The molecule has 5 heteroatoms. The third-order valence-electron chi connectivity index (χ3n) is 3.26. The number of aromatic carboxylic acids is 1. The number of nitrogens with zero attached hydrogens (tertiary/aromatic N) is 2. The number of aryl methyl sites for hydroxylation is 2. The third-order valence-corrected chi connectivity index (χ3v) is 4.00. The van der Waals surface area contributed by atoms with Gasteiger partial charge in [-0.15, -0.1) is 0 Å².